The summed E-state index contributed by atoms with van der Waals surface area (Å²) in [6, 6.07) is 0. The molecule has 0 aliphatic heterocycles. The lowest BCUT2D eigenvalue weighted by Gasteiger charge is -2.44. The molecule has 1 rings (SSSR count). The molecule has 0 aromatic rings. The molecule has 14 heavy (non-hydrogen) atoms. The Labute approximate surface area is 85.9 Å². The number of carbonyl (C=O) groups is 1. The molecule has 0 aromatic carbocycles. The molecule has 0 heterocycles. The average Bonchev–Trinajstić information content (AvgIpc) is 2.01. The number of nitrogens with one attached hydrogen (secondary N) is 1. The van der Waals surface area contributed by atoms with Crippen molar-refractivity contribution >= 4 is 5.97 Å². The van der Waals surface area contributed by atoms with Gasteiger partial charge in [-0.05, 0) is 31.7 Å². The van der Waals surface area contributed by atoms with Gasteiger partial charge in [-0.1, -0.05) is 20.3 Å². The zero-order valence-electron chi connectivity index (χ0n) is 9.39. The van der Waals surface area contributed by atoms with Gasteiger partial charge in [-0.3, -0.25) is 4.79 Å². The zero-order chi connectivity index (χ0) is 10.8. The van der Waals surface area contributed by atoms with Crippen molar-refractivity contribution in [2.75, 3.05) is 7.05 Å². The molecule has 2 N–H and O–H groups in total. The fourth-order valence-corrected chi connectivity index (χ4v) is 2.74. The average molecular weight is 199 g/mol. The molecule has 0 bridgehead atoms. The van der Waals surface area contributed by atoms with Crippen molar-refractivity contribution in [3.05, 3.63) is 0 Å². The summed E-state index contributed by atoms with van der Waals surface area (Å²) in [6.45, 7) is 4.44. The SMILES string of the molecule is CNC1(CC(=O)O)CCCC(C)(C)C1. The van der Waals surface area contributed by atoms with Gasteiger partial charge in [0.2, 0.25) is 0 Å². The number of carboxylic acids is 1. The van der Waals surface area contributed by atoms with Crippen LogP contribution in [-0.4, -0.2) is 23.7 Å². The minimum absolute atomic E-state index is 0.173. The predicted octanol–water partition coefficient (Wildman–Crippen LogP) is 2.02. The van der Waals surface area contributed by atoms with Crippen LogP contribution in [0, 0.1) is 5.41 Å². The molecule has 82 valence electrons. The molecule has 1 aliphatic carbocycles. The summed E-state index contributed by atoms with van der Waals surface area (Å²) >= 11 is 0. The van der Waals surface area contributed by atoms with Crippen LogP contribution in [0.3, 0.4) is 0 Å². The molecule has 1 atom stereocenters. The smallest absolute Gasteiger partial charge is 0.305 e. The third kappa shape index (κ3) is 2.71. The van der Waals surface area contributed by atoms with Crippen LogP contribution in [0.1, 0.15) is 46.0 Å². The molecule has 1 saturated carbocycles. The summed E-state index contributed by atoms with van der Waals surface area (Å²) in [6.07, 6.45) is 4.52. The molecule has 3 heteroatoms. The molecule has 0 radical (unpaired) electrons. The first kappa shape index (κ1) is 11.5. The lowest BCUT2D eigenvalue weighted by atomic mass is 9.67. The fraction of sp³-hybridized carbons (Fsp3) is 0.909. The van der Waals surface area contributed by atoms with Crippen LogP contribution >= 0.6 is 0 Å². The van der Waals surface area contributed by atoms with E-state index in [-0.39, 0.29) is 17.4 Å². The van der Waals surface area contributed by atoms with Crippen LogP contribution < -0.4 is 5.32 Å². The predicted molar refractivity (Wildman–Crippen MR) is 56.3 cm³/mol. The lowest BCUT2D eigenvalue weighted by Crippen LogP contribution is -2.50. The molecule has 1 aliphatic rings. The van der Waals surface area contributed by atoms with Crippen LogP contribution in [0.2, 0.25) is 0 Å². The number of hydrogen-bond acceptors (Lipinski definition) is 2. The van der Waals surface area contributed by atoms with Gasteiger partial charge in [-0.2, -0.15) is 0 Å². The van der Waals surface area contributed by atoms with E-state index in [4.69, 9.17) is 5.11 Å². The second-order valence-corrected chi connectivity index (χ2v) is 5.30. The Morgan fingerprint density at radius 1 is 1.43 bits per heavy atom. The van der Waals surface area contributed by atoms with Crippen molar-refractivity contribution in [3.8, 4) is 0 Å². The second kappa shape index (κ2) is 3.89. The Kier molecular flexibility index (Phi) is 3.20. The van der Waals surface area contributed by atoms with Gasteiger partial charge in [0.25, 0.3) is 0 Å². The van der Waals surface area contributed by atoms with Gasteiger partial charge >= 0.3 is 5.97 Å². The highest BCUT2D eigenvalue weighted by Gasteiger charge is 2.40. The number of hydrogen-bond donors (Lipinski definition) is 2. The Morgan fingerprint density at radius 3 is 2.50 bits per heavy atom. The van der Waals surface area contributed by atoms with Crippen LogP contribution in [0.15, 0.2) is 0 Å². The lowest BCUT2D eigenvalue weighted by molar-refractivity contribution is -0.139. The first-order valence-electron chi connectivity index (χ1n) is 5.30. The van der Waals surface area contributed by atoms with Crippen molar-refractivity contribution < 1.29 is 9.90 Å². The Hall–Kier alpha value is -0.570. The van der Waals surface area contributed by atoms with Crippen molar-refractivity contribution in [2.45, 2.75) is 51.5 Å². The van der Waals surface area contributed by atoms with E-state index in [9.17, 15) is 4.79 Å². The maximum Gasteiger partial charge on any atom is 0.305 e. The summed E-state index contributed by atoms with van der Waals surface area (Å²) < 4.78 is 0. The Balaban J connectivity index is 2.73. The van der Waals surface area contributed by atoms with Crippen molar-refractivity contribution in [1.82, 2.24) is 5.32 Å². The van der Waals surface area contributed by atoms with E-state index < -0.39 is 5.97 Å². The van der Waals surface area contributed by atoms with Crippen molar-refractivity contribution in [2.24, 2.45) is 5.41 Å². The minimum Gasteiger partial charge on any atom is -0.481 e. The van der Waals surface area contributed by atoms with Gasteiger partial charge in [-0.25, -0.2) is 0 Å². The third-order valence-corrected chi connectivity index (χ3v) is 3.35. The number of carboxylic acid groups (broad SMARTS) is 1. The third-order valence-electron chi connectivity index (χ3n) is 3.35. The van der Waals surface area contributed by atoms with Crippen molar-refractivity contribution in [3.63, 3.8) is 0 Å². The molecular formula is C11H21NO2. The van der Waals surface area contributed by atoms with Gasteiger partial charge in [0.15, 0.2) is 0 Å². The van der Waals surface area contributed by atoms with Crippen molar-refractivity contribution in [1.29, 1.82) is 0 Å². The highest BCUT2D eigenvalue weighted by Crippen LogP contribution is 2.42. The van der Waals surface area contributed by atoms with Crippen LogP contribution in [0.25, 0.3) is 0 Å². The standard InChI is InChI=1S/C11H21NO2/c1-10(2)5-4-6-11(8-10,12-3)7-9(13)14/h12H,4-8H2,1-3H3,(H,13,14). The normalized spacial score (nSPS) is 31.4. The largest absolute Gasteiger partial charge is 0.481 e. The number of rotatable bonds is 3. The minimum atomic E-state index is -0.697. The molecule has 1 unspecified atom stereocenters. The summed E-state index contributed by atoms with van der Waals surface area (Å²) in [4.78, 5) is 10.8. The molecular weight excluding hydrogens is 178 g/mol. The maximum absolute atomic E-state index is 10.8. The van der Waals surface area contributed by atoms with E-state index >= 15 is 0 Å². The van der Waals surface area contributed by atoms with E-state index in [2.05, 4.69) is 19.2 Å². The van der Waals surface area contributed by atoms with Gasteiger partial charge < -0.3 is 10.4 Å². The van der Waals surface area contributed by atoms with E-state index in [1.54, 1.807) is 0 Å². The molecule has 1 fully saturated rings. The first-order valence-corrected chi connectivity index (χ1v) is 5.30. The summed E-state index contributed by atoms with van der Waals surface area (Å²) in [5.41, 5.74) is 0.101. The summed E-state index contributed by atoms with van der Waals surface area (Å²) in [5.74, 6) is -0.697. The summed E-state index contributed by atoms with van der Waals surface area (Å²) in [5, 5.41) is 12.1. The number of aliphatic carboxylic acids is 1. The van der Waals surface area contributed by atoms with Gasteiger partial charge in [-0.15, -0.1) is 0 Å². The van der Waals surface area contributed by atoms with E-state index in [0.29, 0.717) is 0 Å². The first-order chi connectivity index (χ1) is 6.39. The topological polar surface area (TPSA) is 49.3 Å². The highest BCUT2D eigenvalue weighted by molar-refractivity contribution is 5.68. The Bertz CT molecular complexity index is 225. The quantitative estimate of drug-likeness (QED) is 0.731. The maximum atomic E-state index is 10.8. The molecule has 0 saturated heterocycles. The molecule has 0 aromatic heterocycles. The van der Waals surface area contributed by atoms with Gasteiger partial charge in [0, 0.05) is 5.54 Å². The van der Waals surface area contributed by atoms with Gasteiger partial charge in [0.1, 0.15) is 0 Å². The van der Waals surface area contributed by atoms with E-state index in [1.165, 1.54) is 6.42 Å². The van der Waals surface area contributed by atoms with Gasteiger partial charge in [0.05, 0.1) is 6.42 Å². The molecule has 3 nitrogen and oxygen atoms in total. The van der Waals surface area contributed by atoms with Crippen LogP contribution in [0.4, 0.5) is 0 Å². The fourth-order valence-electron chi connectivity index (χ4n) is 2.74. The monoisotopic (exact) mass is 199 g/mol. The second-order valence-electron chi connectivity index (χ2n) is 5.30. The van der Waals surface area contributed by atoms with E-state index in [1.807, 2.05) is 7.05 Å². The zero-order valence-corrected chi connectivity index (χ0v) is 9.39. The molecule has 0 amide bonds. The highest BCUT2D eigenvalue weighted by atomic mass is 16.4. The Morgan fingerprint density at radius 2 is 2.07 bits per heavy atom. The van der Waals surface area contributed by atoms with Crippen LogP contribution in [-0.2, 0) is 4.79 Å². The molecule has 0 spiro atoms. The van der Waals surface area contributed by atoms with Crippen LogP contribution in [0.5, 0.6) is 0 Å². The van der Waals surface area contributed by atoms with E-state index in [0.717, 1.165) is 19.3 Å². The summed E-state index contributed by atoms with van der Waals surface area (Å²) in [7, 11) is 1.88.